The highest BCUT2D eigenvalue weighted by molar-refractivity contribution is 9.10. The molecular weight excluding hydrogens is 330 g/mol. The Hall–Kier alpha value is -0.193. The van der Waals surface area contributed by atoms with E-state index >= 15 is 0 Å². The molecule has 100 valence electrons. The van der Waals surface area contributed by atoms with Crippen molar-refractivity contribution in [1.29, 1.82) is 0 Å². The van der Waals surface area contributed by atoms with Crippen molar-refractivity contribution in [1.82, 2.24) is 4.98 Å². The summed E-state index contributed by atoms with van der Waals surface area (Å²) in [4.78, 5) is 15.0. The molecule has 0 bridgehead atoms. The smallest absolute Gasteiger partial charge is 0.125 e. The SMILES string of the molecule is CC[Si](CC)(CC)c1cc(Br)nc(CC=O)c1Cl. The molecule has 2 nitrogen and oxygen atoms in total. The van der Waals surface area contributed by atoms with Gasteiger partial charge in [0, 0.05) is 6.42 Å². The lowest BCUT2D eigenvalue weighted by Gasteiger charge is -2.30. The molecule has 0 aliphatic carbocycles. The topological polar surface area (TPSA) is 30.0 Å². The van der Waals surface area contributed by atoms with Crippen LogP contribution in [0.5, 0.6) is 0 Å². The van der Waals surface area contributed by atoms with Crippen molar-refractivity contribution < 1.29 is 4.79 Å². The van der Waals surface area contributed by atoms with E-state index in [0.29, 0.717) is 10.7 Å². The molecule has 0 spiro atoms. The van der Waals surface area contributed by atoms with Crippen molar-refractivity contribution in [2.45, 2.75) is 45.3 Å². The maximum absolute atomic E-state index is 10.7. The third-order valence-electron chi connectivity index (χ3n) is 3.87. The first-order chi connectivity index (χ1) is 8.54. The molecule has 0 atom stereocenters. The molecule has 5 heteroatoms. The second kappa shape index (κ2) is 6.82. The van der Waals surface area contributed by atoms with E-state index in [-0.39, 0.29) is 6.42 Å². The van der Waals surface area contributed by atoms with Gasteiger partial charge >= 0.3 is 0 Å². The number of aldehydes is 1. The van der Waals surface area contributed by atoms with Crippen LogP contribution in [0.3, 0.4) is 0 Å². The van der Waals surface area contributed by atoms with Gasteiger partial charge in [-0.05, 0) is 27.2 Å². The van der Waals surface area contributed by atoms with Gasteiger partial charge in [-0.15, -0.1) is 0 Å². The van der Waals surface area contributed by atoms with Crippen molar-refractivity contribution in [2.75, 3.05) is 0 Å². The zero-order valence-corrected chi connectivity index (χ0v) is 14.4. The molecule has 1 heterocycles. The summed E-state index contributed by atoms with van der Waals surface area (Å²) in [5, 5.41) is 1.96. The number of halogens is 2. The van der Waals surface area contributed by atoms with E-state index in [2.05, 4.69) is 47.8 Å². The van der Waals surface area contributed by atoms with Crippen molar-refractivity contribution in [3.63, 3.8) is 0 Å². The summed E-state index contributed by atoms with van der Waals surface area (Å²) in [6.07, 6.45) is 1.14. The third-order valence-corrected chi connectivity index (χ3v) is 10.5. The largest absolute Gasteiger partial charge is 0.303 e. The van der Waals surface area contributed by atoms with Crippen molar-refractivity contribution in [3.05, 3.63) is 21.4 Å². The minimum Gasteiger partial charge on any atom is -0.303 e. The molecule has 0 amide bonds. The van der Waals surface area contributed by atoms with E-state index in [4.69, 9.17) is 11.6 Å². The van der Waals surface area contributed by atoms with Gasteiger partial charge in [-0.1, -0.05) is 50.5 Å². The van der Waals surface area contributed by atoms with Gasteiger partial charge in [0.15, 0.2) is 0 Å². The quantitative estimate of drug-likeness (QED) is 0.442. The zero-order chi connectivity index (χ0) is 13.8. The Kier molecular flexibility index (Phi) is 6.01. The standard InChI is InChI=1S/C13H19BrClNOSi/c1-4-18(5-2,6-3)11-9-12(14)16-10(7-8-17)13(11)15/h8-9H,4-7H2,1-3H3. The van der Waals surface area contributed by atoms with Crippen LogP contribution in [-0.2, 0) is 11.2 Å². The normalized spacial score (nSPS) is 11.6. The molecule has 0 aliphatic heterocycles. The Morgan fingerprint density at radius 3 is 2.33 bits per heavy atom. The summed E-state index contributed by atoms with van der Waals surface area (Å²) in [5.41, 5.74) is 0.697. The highest BCUT2D eigenvalue weighted by Gasteiger charge is 2.32. The molecular formula is C13H19BrClNOSi. The van der Waals surface area contributed by atoms with Crippen molar-refractivity contribution in [2.24, 2.45) is 0 Å². The molecule has 0 N–H and O–H groups in total. The van der Waals surface area contributed by atoms with Crippen LogP contribution in [0.15, 0.2) is 10.7 Å². The van der Waals surface area contributed by atoms with Crippen LogP contribution >= 0.6 is 27.5 Å². The van der Waals surface area contributed by atoms with E-state index < -0.39 is 8.07 Å². The van der Waals surface area contributed by atoms with Gasteiger partial charge in [-0.2, -0.15) is 0 Å². The zero-order valence-electron chi connectivity index (χ0n) is 11.1. The van der Waals surface area contributed by atoms with Crippen LogP contribution in [0.25, 0.3) is 0 Å². The summed E-state index contributed by atoms with van der Waals surface area (Å²) in [7, 11) is -1.55. The summed E-state index contributed by atoms with van der Waals surface area (Å²) in [6, 6.07) is 5.55. The molecule has 0 fully saturated rings. The number of hydrogen-bond donors (Lipinski definition) is 0. The Morgan fingerprint density at radius 2 is 1.89 bits per heavy atom. The summed E-state index contributed by atoms with van der Waals surface area (Å²) >= 11 is 9.91. The van der Waals surface area contributed by atoms with Crippen LogP contribution in [0.2, 0.25) is 23.2 Å². The predicted molar refractivity (Wildman–Crippen MR) is 83.5 cm³/mol. The fraction of sp³-hybridized carbons (Fsp3) is 0.538. The average Bonchev–Trinajstić information content (AvgIpc) is 2.37. The van der Waals surface area contributed by atoms with Crippen LogP contribution in [0.1, 0.15) is 26.5 Å². The van der Waals surface area contributed by atoms with Gasteiger partial charge in [-0.25, -0.2) is 4.98 Å². The number of carbonyl (C=O) groups excluding carboxylic acids is 1. The second-order valence-corrected chi connectivity index (χ2v) is 10.9. The number of pyridine rings is 1. The molecule has 0 aromatic carbocycles. The molecule has 0 saturated carbocycles. The molecule has 0 saturated heterocycles. The van der Waals surface area contributed by atoms with Crippen LogP contribution < -0.4 is 5.19 Å². The second-order valence-electron chi connectivity index (χ2n) is 4.46. The first kappa shape index (κ1) is 15.9. The summed E-state index contributed by atoms with van der Waals surface area (Å²) in [5.74, 6) is 0. The highest BCUT2D eigenvalue weighted by Crippen LogP contribution is 2.27. The first-order valence-electron chi connectivity index (χ1n) is 6.33. The Labute approximate surface area is 123 Å². The number of aromatic nitrogens is 1. The van der Waals surface area contributed by atoms with Crippen LogP contribution in [0, 0.1) is 0 Å². The Balaban J connectivity index is 3.42. The summed E-state index contributed by atoms with van der Waals surface area (Å²) < 4.78 is 0.783. The van der Waals surface area contributed by atoms with Crippen LogP contribution in [-0.4, -0.2) is 19.3 Å². The molecule has 0 unspecified atom stereocenters. The molecule has 1 aromatic rings. The molecule has 18 heavy (non-hydrogen) atoms. The third kappa shape index (κ3) is 3.03. The van der Waals surface area contributed by atoms with E-state index in [0.717, 1.165) is 29.0 Å². The number of nitrogens with zero attached hydrogens (tertiary/aromatic N) is 1. The lowest BCUT2D eigenvalue weighted by molar-refractivity contribution is -0.107. The Morgan fingerprint density at radius 1 is 1.33 bits per heavy atom. The molecule has 0 aliphatic rings. The average molecular weight is 349 g/mol. The van der Waals surface area contributed by atoms with Gasteiger partial charge < -0.3 is 4.79 Å². The predicted octanol–water partition coefficient (Wildman–Crippen LogP) is 3.95. The fourth-order valence-corrected chi connectivity index (χ4v) is 7.59. The van der Waals surface area contributed by atoms with Crippen LogP contribution in [0.4, 0.5) is 0 Å². The lowest BCUT2D eigenvalue weighted by atomic mass is 10.3. The summed E-state index contributed by atoms with van der Waals surface area (Å²) in [6.45, 7) is 6.72. The van der Waals surface area contributed by atoms with Gasteiger partial charge in [-0.3, -0.25) is 0 Å². The maximum atomic E-state index is 10.7. The molecule has 1 rings (SSSR count). The van der Waals surface area contributed by atoms with Gasteiger partial charge in [0.1, 0.15) is 10.9 Å². The van der Waals surface area contributed by atoms with E-state index in [1.54, 1.807) is 0 Å². The Bertz CT molecular complexity index is 427. The maximum Gasteiger partial charge on any atom is 0.125 e. The van der Waals surface area contributed by atoms with Gasteiger partial charge in [0.05, 0.1) is 18.8 Å². The van der Waals surface area contributed by atoms with E-state index in [1.807, 2.05) is 0 Å². The molecule has 1 aromatic heterocycles. The number of hydrogen-bond acceptors (Lipinski definition) is 2. The minimum absolute atomic E-state index is 0.285. The van der Waals surface area contributed by atoms with Gasteiger partial charge in [0.2, 0.25) is 0 Å². The van der Waals surface area contributed by atoms with Crippen molar-refractivity contribution in [3.8, 4) is 0 Å². The van der Waals surface area contributed by atoms with Crippen molar-refractivity contribution >= 4 is 47.1 Å². The number of rotatable bonds is 6. The fourth-order valence-electron chi connectivity index (χ4n) is 2.47. The minimum atomic E-state index is -1.55. The lowest BCUT2D eigenvalue weighted by Crippen LogP contribution is -2.47. The number of carbonyl (C=O) groups is 1. The highest BCUT2D eigenvalue weighted by atomic mass is 79.9. The van der Waals surface area contributed by atoms with Gasteiger partial charge in [0.25, 0.3) is 0 Å². The molecule has 0 radical (unpaired) electrons. The monoisotopic (exact) mass is 347 g/mol. The first-order valence-corrected chi connectivity index (χ1v) is 10.1. The van der Waals surface area contributed by atoms with E-state index in [9.17, 15) is 4.79 Å². The van der Waals surface area contributed by atoms with E-state index in [1.165, 1.54) is 5.19 Å².